The molecule has 0 saturated carbocycles. The molecule has 5 aromatic carbocycles. The molecule has 8 rings (SSSR count). The minimum absolute atomic E-state index is 0.0654. The number of carbonyl (C=O) groups excluding carboxylic acids is 3. The fraction of sp³-hybridized carbons (Fsp3) is 0.184. The number of oxime groups is 1. The molecule has 2 aliphatic rings. The third kappa shape index (κ3) is 8.92. The molecular weight excluding hydrogens is 962 g/mol. The van der Waals surface area contributed by atoms with E-state index >= 15 is 0 Å². The number of amides is 2. The Morgan fingerprint density at radius 1 is 0.828 bits per heavy atom. The van der Waals surface area contributed by atoms with Crippen LogP contribution < -0.4 is 10.6 Å². The van der Waals surface area contributed by atoms with E-state index in [1.54, 1.807) is 5.38 Å². The van der Waals surface area contributed by atoms with E-state index < -0.39 is 52.4 Å². The Kier molecular flexibility index (Phi) is 13.3. The van der Waals surface area contributed by atoms with Gasteiger partial charge in [-0.15, -0.1) is 23.1 Å². The minimum atomic E-state index is -1.73. The van der Waals surface area contributed by atoms with Crippen LogP contribution in [0.3, 0.4) is 0 Å². The number of carboxylic acids is 1. The molecule has 1 saturated heterocycles. The first kappa shape index (κ1) is 44.3. The summed E-state index contributed by atoms with van der Waals surface area (Å²) in [6.07, 6.45) is -0.770. The van der Waals surface area contributed by atoms with Crippen LogP contribution in [0.2, 0.25) is 0 Å². The maximum atomic E-state index is 14.5. The van der Waals surface area contributed by atoms with Gasteiger partial charge >= 0.3 is 11.9 Å². The van der Waals surface area contributed by atoms with Crippen molar-refractivity contribution in [3.8, 4) is 0 Å². The highest BCUT2D eigenvalue weighted by molar-refractivity contribution is 14.1. The van der Waals surface area contributed by atoms with Gasteiger partial charge in [0.15, 0.2) is 16.9 Å². The highest BCUT2D eigenvalue weighted by Gasteiger charge is 2.54. The summed E-state index contributed by atoms with van der Waals surface area (Å²) in [6, 6.07) is 47.4. The number of esters is 1. The first-order chi connectivity index (χ1) is 31.0. The van der Waals surface area contributed by atoms with Crippen LogP contribution in [0, 0.1) is 0 Å². The number of rotatable bonds is 16. The fourth-order valence-corrected chi connectivity index (χ4v) is 10.7. The van der Waals surface area contributed by atoms with Gasteiger partial charge in [-0.3, -0.25) is 14.5 Å². The molecular formula is C49H42IN5O7S2. The van der Waals surface area contributed by atoms with Crippen LogP contribution >= 0.6 is 45.7 Å². The van der Waals surface area contributed by atoms with Gasteiger partial charge in [0.1, 0.15) is 28.3 Å². The molecule has 324 valence electrons. The first-order valence-corrected chi connectivity index (χ1v) is 23.7. The van der Waals surface area contributed by atoms with E-state index in [1.807, 2.05) is 152 Å². The van der Waals surface area contributed by atoms with E-state index in [-0.39, 0.29) is 17.1 Å². The molecule has 0 bridgehead atoms. The maximum absolute atomic E-state index is 14.5. The number of carboxylic acid groups (broad SMARTS) is 1. The standard InChI is InChI=1S/C49H42IN5O7S2/c1-48(2,46(60)61-41(31-18-8-3-9-19-31)32-20-10-4-11-21-32)62-54-38(42(56)52-39-43(57)55-40(45(58)59)33(28-50)29-63-44(39)55)37-30-64-47(51-37)53-49(34-22-12-5-13-23-34,35-24-14-6-15-25-35)36-26-16-7-17-27-36/h3-27,30,39,41,44H,28-29H2,1-2H3,(H,51,53)(H,52,56)(H,58,59)/t39?,44-/m0/s1. The van der Waals surface area contributed by atoms with E-state index in [9.17, 15) is 24.3 Å². The summed E-state index contributed by atoms with van der Waals surface area (Å²) in [7, 11) is 0. The number of benzene rings is 5. The normalized spacial score (nSPS) is 16.4. The van der Waals surface area contributed by atoms with E-state index in [0.29, 0.717) is 20.9 Å². The number of aliphatic carboxylic acids is 1. The molecule has 3 N–H and O–H groups in total. The lowest BCUT2D eigenvalue weighted by molar-refractivity contribution is -0.172. The summed E-state index contributed by atoms with van der Waals surface area (Å²) in [6.45, 7) is 2.97. The van der Waals surface area contributed by atoms with Crippen LogP contribution in [0.5, 0.6) is 0 Å². The van der Waals surface area contributed by atoms with E-state index in [2.05, 4.69) is 38.4 Å². The van der Waals surface area contributed by atoms with Gasteiger partial charge < -0.3 is 25.3 Å². The third-order valence-corrected chi connectivity index (χ3v) is 13.9. The Morgan fingerprint density at radius 3 is 1.81 bits per heavy atom. The Bertz CT molecular complexity index is 2570. The lowest BCUT2D eigenvalue weighted by Crippen LogP contribution is -2.71. The average molecular weight is 1000 g/mol. The topological polar surface area (TPSA) is 160 Å². The van der Waals surface area contributed by atoms with Gasteiger partial charge in [0.2, 0.25) is 5.60 Å². The average Bonchev–Trinajstić information content (AvgIpc) is 3.80. The number of alkyl halides is 1. The molecule has 0 aliphatic carbocycles. The van der Waals surface area contributed by atoms with Gasteiger partial charge in [0.05, 0.1) is 0 Å². The van der Waals surface area contributed by atoms with Gasteiger partial charge in [-0.25, -0.2) is 14.6 Å². The Morgan fingerprint density at radius 2 is 1.33 bits per heavy atom. The number of aromatic nitrogens is 1. The van der Waals surface area contributed by atoms with Crippen molar-refractivity contribution >= 4 is 80.3 Å². The zero-order valence-corrected chi connectivity index (χ0v) is 38.4. The van der Waals surface area contributed by atoms with Crippen molar-refractivity contribution in [2.45, 2.75) is 42.5 Å². The SMILES string of the molecule is CC(C)(ON=C(C(=O)NC1C(=O)N2C(C(=O)O)=C(CI)CS[C@@H]12)c1csc(NC(c2ccccc2)(c2ccccc2)c2ccccc2)n1)C(=O)OC(c1ccccc1)c1ccccc1. The van der Waals surface area contributed by atoms with Crippen molar-refractivity contribution in [2.24, 2.45) is 5.16 Å². The van der Waals surface area contributed by atoms with Gasteiger partial charge in [-0.05, 0) is 47.2 Å². The molecule has 3 heterocycles. The number of fused-ring (bicyclic) bond motifs is 1. The number of carbonyl (C=O) groups is 4. The summed E-state index contributed by atoms with van der Waals surface area (Å²) in [4.78, 5) is 66.5. The van der Waals surface area contributed by atoms with Gasteiger partial charge in [-0.2, -0.15) is 0 Å². The Labute approximate surface area is 391 Å². The molecule has 12 nitrogen and oxygen atoms in total. The second kappa shape index (κ2) is 19.2. The van der Waals surface area contributed by atoms with Crippen LogP contribution in [0.4, 0.5) is 5.13 Å². The van der Waals surface area contributed by atoms with Crippen molar-refractivity contribution in [1.82, 2.24) is 15.2 Å². The molecule has 2 aliphatic heterocycles. The molecule has 1 unspecified atom stereocenters. The number of hydrogen-bond acceptors (Lipinski definition) is 11. The quantitative estimate of drug-likeness (QED) is 0.0163. The number of thioether (sulfide) groups is 1. The van der Waals surface area contributed by atoms with E-state index in [0.717, 1.165) is 27.8 Å². The van der Waals surface area contributed by atoms with E-state index in [1.165, 1.54) is 41.8 Å². The smallest absolute Gasteiger partial charge is 0.353 e. The second-order valence-corrected chi connectivity index (χ2v) is 18.1. The van der Waals surface area contributed by atoms with Crippen LogP contribution in [0.25, 0.3) is 0 Å². The fourth-order valence-electron chi connectivity index (χ4n) is 7.61. The predicted molar refractivity (Wildman–Crippen MR) is 256 cm³/mol. The summed E-state index contributed by atoms with van der Waals surface area (Å²) in [5.74, 6) is -2.96. The maximum Gasteiger partial charge on any atom is 0.353 e. The summed E-state index contributed by atoms with van der Waals surface area (Å²) >= 11 is 4.67. The van der Waals surface area contributed by atoms with Crippen LogP contribution in [0.15, 0.2) is 173 Å². The zero-order valence-electron chi connectivity index (χ0n) is 34.6. The number of hydrogen-bond donors (Lipinski definition) is 3. The highest BCUT2D eigenvalue weighted by atomic mass is 127. The van der Waals surface area contributed by atoms with Crippen molar-refractivity contribution in [2.75, 3.05) is 15.5 Å². The predicted octanol–water partition coefficient (Wildman–Crippen LogP) is 8.55. The lowest BCUT2D eigenvalue weighted by Gasteiger charge is -2.49. The van der Waals surface area contributed by atoms with Gasteiger partial charge in [0.25, 0.3) is 11.8 Å². The monoisotopic (exact) mass is 1000 g/mol. The van der Waals surface area contributed by atoms with Crippen molar-refractivity contribution in [3.05, 3.63) is 202 Å². The van der Waals surface area contributed by atoms with Crippen LogP contribution in [0.1, 0.15) is 53.5 Å². The number of β-lactam (4-membered cyclic amide) rings is 1. The first-order valence-electron chi connectivity index (χ1n) is 20.3. The number of anilines is 1. The van der Waals surface area contributed by atoms with Crippen molar-refractivity contribution < 1.29 is 33.9 Å². The highest BCUT2D eigenvalue weighted by Crippen LogP contribution is 2.42. The largest absolute Gasteiger partial charge is 0.477 e. The molecule has 2 atom stereocenters. The number of nitrogens with zero attached hydrogens (tertiary/aromatic N) is 3. The Hall–Kier alpha value is -6.30. The molecule has 1 fully saturated rings. The molecule has 0 radical (unpaired) electrons. The third-order valence-electron chi connectivity index (χ3n) is 10.9. The number of nitrogens with one attached hydrogen (secondary N) is 2. The zero-order chi connectivity index (χ0) is 44.8. The number of thiazole rings is 1. The minimum Gasteiger partial charge on any atom is -0.477 e. The summed E-state index contributed by atoms with van der Waals surface area (Å²) in [5, 5.41) is 22.2. The molecule has 0 spiro atoms. The molecule has 64 heavy (non-hydrogen) atoms. The van der Waals surface area contributed by atoms with Gasteiger partial charge in [-0.1, -0.05) is 179 Å². The number of ether oxygens (including phenoxy) is 1. The van der Waals surface area contributed by atoms with E-state index in [4.69, 9.17) is 14.6 Å². The summed E-state index contributed by atoms with van der Waals surface area (Å²) in [5.41, 5.74) is 1.96. The molecule has 2 amide bonds. The molecule has 15 heteroatoms. The van der Waals surface area contributed by atoms with Crippen LogP contribution in [-0.4, -0.2) is 71.7 Å². The molecule has 6 aromatic rings. The van der Waals surface area contributed by atoms with Crippen molar-refractivity contribution in [3.63, 3.8) is 0 Å². The second-order valence-electron chi connectivity index (χ2n) is 15.4. The molecule has 1 aromatic heterocycles. The van der Waals surface area contributed by atoms with Crippen molar-refractivity contribution in [1.29, 1.82) is 0 Å². The van der Waals surface area contributed by atoms with Crippen LogP contribution in [-0.2, 0) is 34.3 Å². The lowest BCUT2D eigenvalue weighted by atomic mass is 9.77. The van der Waals surface area contributed by atoms with Gasteiger partial charge in [0, 0.05) is 15.6 Å². The number of halogens is 1. The Balaban J connectivity index is 1.14. The summed E-state index contributed by atoms with van der Waals surface area (Å²) < 4.78 is 6.55.